The number of allylic oxidation sites excluding steroid dienone is 23. The second-order valence-corrected chi connectivity index (χ2v) is 20.4. The summed E-state index contributed by atoms with van der Waals surface area (Å²) in [6, 6.07) is -0.959. The molecule has 2 heterocycles. The van der Waals surface area contributed by atoms with E-state index in [4.69, 9.17) is 18.9 Å². The average molecular weight is 1120 g/mol. The van der Waals surface area contributed by atoms with Gasteiger partial charge < -0.3 is 65.1 Å². The lowest BCUT2D eigenvalue weighted by Gasteiger charge is -2.46. The van der Waals surface area contributed by atoms with E-state index in [2.05, 4.69) is 153 Å². The summed E-state index contributed by atoms with van der Waals surface area (Å²) >= 11 is 0. The quantitative estimate of drug-likeness (QED) is 0.0205. The number of nitrogens with one attached hydrogen (secondary N) is 1. The topological polar surface area (TPSA) is 228 Å². The molecule has 2 aliphatic heterocycles. The molecule has 14 heteroatoms. The van der Waals surface area contributed by atoms with Crippen molar-refractivity contribution in [3.63, 3.8) is 0 Å². The van der Waals surface area contributed by atoms with Crippen LogP contribution in [0.15, 0.2) is 146 Å². The Kier molecular flexibility index (Phi) is 44.5. The largest absolute Gasteiger partial charge is 0.394 e. The molecule has 2 rings (SSSR count). The zero-order chi connectivity index (χ0) is 58.1. The second kappa shape index (κ2) is 49.5. The maximum Gasteiger partial charge on any atom is 0.220 e. The van der Waals surface area contributed by atoms with E-state index < -0.39 is 86.8 Å². The minimum Gasteiger partial charge on any atom is -0.394 e. The van der Waals surface area contributed by atoms with Crippen LogP contribution in [0.1, 0.15) is 168 Å². The molecule has 0 spiro atoms. The molecule has 0 bridgehead atoms. The van der Waals surface area contributed by atoms with Gasteiger partial charge in [-0.2, -0.15) is 0 Å². The van der Waals surface area contributed by atoms with Gasteiger partial charge >= 0.3 is 0 Å². The fraction of sp³-hybridized carbons (Fsp3) is 0.621. The first-order valence-corrected chi connectivity index (χ1v) is 30.1. The third-order valence-electron chi connectivity index (χ3n) is 13.5. The third kappa shape index (κ3) is 34.3. The van der Waals surface area contributed by atoms with Gasteiger partial charge in [0, 0.05) is 6.42 Å². The van der Waals surface area contributed by atoms with Crippen molar-refractivity contribution in [2.75, 3.05) is 19.8 Å². The minimum absolute atomic E-state index is 0.237. The normalized spacial score (nSPS) is 25.3. The van der Waals surface area contributed by atoms with E-state index in [1.807, 2.05) is 6.08 Å². The van der Waals surface area contributed by atoms with Gasteiger partial charge in [-0.1, -0.05) is 192 Å². The van der Waals surface area contributed by atoms with Crippen LogP contribution in [-0.4, -0.2) is 140 Å². The summed E-state index contributed by atoms with van der Waals surface area (Å²) in [5, 5.41) is 86.9. The number of hydrogen-bond acceptors (Lipinski definition) is 13. The fourth-order valence-corrected chi connectivity index (χ4v) is 8.67. The molecule has 0 aliphatic carbocycles. The summed E-state index contributed by atoms with van der Waals surface area (Å²) in [6.45, 7) is 2.57. The first-order valence-electron chi connectivity index (χ1n) is 30.1. The highest BCUT2D eigenvalue weighted by Crippen LogP contribution is 2.30. The predicted octanol–water partition coefficient (Wildman–Crippen LogP) is 10.5. The molecule has 12 atom stereocenters. The first kappa shape index (κ1) is 72.0. The lowest BCUT2D eigenvalue weighted by atomic mass is 9.97. The average Bonchev–Trinajstić information content (AvgIpc) is 3.49. The van der Waals surface area contributed by atoms with Gasteiger partial charge in [0.05, 0.1) is 32.0 Å². The van der Waals surface area contributed by atoms with E-state index >= 15 is 0 Å². The predicted molar refractivity (Wildman–Crippen MR) is 322 cm³/mol. The molecule has 2 aliphatic rings. The molecule has 9 N–H and O–H groups in total. The summed E-state index contributed by atoms with van der Waals surface area (Å²) in [6.07, 6.45) is 57.5. The molecule has 2 saturated heterocycles. The van der Waals surface area contributed by atoms with Gasteiger partial charge in [0.15, 0.2) is 12.6 Å². The number of rotatable bonds is 45. The zero-order valence-corrected chi connectivity index (χ0v) is 48.5. The van der Waals surface area contributed by atoms with Gasteiger partial charge in [0.1, 0.15) is 48.8 Å². The Morgan fingerprint density at radius 2 is 0.875 bits per heavy atom. The minimum atomic E-state index is -1.80. The van der Waals surface area contributed by atoms with Crippen LogP contribution < -0.4 is 5.32 Å². The van der Waals surface area contributed by atoms with Gasteiger partial charge in [-0.3, -0.25) is 4.79 Å². The number of aliphatic hydroxyl groups excluding tert-OH is 8. The Labute approximate surface area is 481 Å². The molecule has 0 radical (unpaired) electrons. The van der Waals surface area contributed by atoms with E-state index in [-0.39, 0.29) is 18.9 Å². The Bertz CT molecular complexity index is 1900. The van der Waals surface area contributed by atoms with Gasteiger partial charge in [-0.15, -0.1) is 0 Å². The Morgan fingerprint density at radius 3 is 1.38 bits per heavy atom. The van der Waals surface area contributed by atoms with E-state index in [0.29, 0.717) is 12.8 Å². The van der Waals surface area contributed by atoms with Crippen molar-refractivity contribution in [3.05, 3.63) is 146 Å². The smallest absolute Gasteiger partial charge is 0.220 e. The van der Waals surface area contributed by atoms with Crippen molar-refractivity contribution < 1.29 is 64.6 Å². The number of hydrogen-bond donors (Lipinski definition) is 9. The monoisotopic (exact) mass is 1120 g/mol. The molecular weight excluding hydrogens is 1010 g/mol. The number of unbranched alkanes of at least 4 members (excludes halogenated alkanes) is 10. The molecular formula is C66H105NO13. The van der Waals surface area contributed by atoms with E-state index in [1.54, 1.807) is 6.08 Å². The first-order chi connectivity index (χ1) is 39.1. The Morgan fingerprint density at radius 1 is 0.463 bits per heavy atom. The van der Waals surface area contributed by atoms with Crippen LogP contribution in [0, 0.1) is 0 Å². The molecule has 80 heavy (non-hydrogen) atoms. The Balaban J connectivity index is 1.73. The zero-order valence-electron chi connectivity index (χ0n) is 48.5. The summed E-state index contributed by atoms with van der Waals surface area (Å²) in [4.78, 5) is 13.2. The molecule has 452 valence electrons. The van der Waals surface area contributed by atoms with Gasteiger partial charge in [0.25, 0.3) is 0 Å². The van der Waals surface area contributed by atoms with Crippen LogP contribution in [0.2, 0.25) is 0 Å². The van der Waals surface area contributed by atoms with E-state index in [1.165, 1.54) is 19.3 Å². The maximum atomic E-state index is 13.2. The molecule has 12 unspecified atom stereocenters. The number of carbonyl (C=O) groups excluding carboxylic acids is 1. The highest BCUT2D eigenvalue weighted by molar-refractivity contribution is 5.76. The fourth-order valence-electron chi connectivity index (χ4n) is 8.67. The molecule has 0 aromatic heterocycles. The van der Waals surface area contributed by atoms with Gasteiger partial charge in [-0.25, -0.2) is 0 Å². The van der Waals surface area contributed by atoms with Gasteiger partial charge in [0.2, 0.25) is 5.91 Å². The molecule has 1 amide bonds. The Hall–Kier alpha value is -4.13. The van der Waals surface area contributed by atoms with Crippen LogP contribution in [0.5, 0.6) is 0 Å². The van der Waals surface area contributed by atoms with Crippen LogP contribution in [-0.2, 0) is 23.7 Å². The highest BCUT2D eigenvalue weighted by atomic mass is 16.7. The SMILES string of the molecule is CC/C=C\C/C=C\C/C=C\C/C=C\C/C=C\C/C=C\C/C=C\C/C=C\C/C=C\CCCCCCCC(=O)NC(COC1OC(CO)C(OC2OC(CO)C(O)C(O)C2O)C(O)C1O)C(O)/C=C/CC/C=C/CC/C=C/CCCCC. The van der Waals surface area contributed by atoms with Crippen molar-refractivity contribution in [3.8, 4) is 0 Å². The van der Waals surface area contributed by atoms with Crippen LogP contribution in [0.3, 0.4) is 0 Å². The lowest BCUT2D eigenvalue weighted by molar-refractivity contribution is -0.359. The summed E-state index contributed by atoms with van der Waals surface area (Å²) in [7, 11) is 0. The molecule has 0 aromatic carbocycles. The van der Waals surface area contributed by atoms with Crippen molar-refractivity contribution >= 4 is 5.91 Å². The van der Waals surface area contributed by atoms with E-state index in [0.717, 1.165) is 116 Å². The molecule has 0 aromatic rings. The number of ether oxygens (including phenoxy) is 4. The second-order valence-electron chi connectivity index (χ2n) is 20.4. The van der Waals surface area contributed by atoms with Crippen molar-refractivity contribution in [1.29, 1.82) is 0 Å². The summed E-state index contributed by atoms with van der Waals surface area (Å²) < 4.78 is 22.7. The summed E-state index contributed by atoms with van der Waals surface area (Å²) in [5.41, 5.74) is 0. The molecule has 0 saturated carbocycles. The van der Waals surface area contributed by atoms with Crippen molar-refractivity contribution in [1.82, 2.24) is 5.32 Å². The van der Waals surface area contributed by atoms with Crippen LogP contribution in [0.4, 0.5) is 0 Å². The molecule has 2 fully saturated rings. The number of carbonyl (C=O) groups is 1. The number of amides is 1. The molecule has 14 nitrogen and oxygen atoms in total. The van der Waals surface area contributed by atoms with Crippen LogP contribution >= 0.6 is 0 Å². The summed E-state index contributed by atoms with van der Waals surface area (Å²) in [5.74, 6) is -0.281. The maximum absolute atomic E-state index is 13.2. The number of aliphatic hydroxyl groups is 8. The van der Waals surface area contributed by atoms with Crippen LogP contribution in [0.25, 0.3) is 0 Å². The van der Waals surface area contributed by atoms with Crippen molar-refractivity contribution in [2.24, 2.45) is 0 Å². The van der Waals surface area contributed by atoms with Gasteiger partial charge in [-0.05, 0) is 116 Å². The third-order valence-corrected chi connectivity index (χ3v) is 13.5. The van der Waals surface area contributed by atoms with Crippen molar-refractivity contribution in [2.45, 2.75) is 242 Å². The lowest BCUT2D eigenvalue weighted by Crippen LogP contribution is -2.65. The van der Waals surface area contributed by atoms with E-state index in [9.17, 15) is 45.6 Å². The standard InChI is InChI=1S/C66H105NO13/c1-3-5-7-9-11-13-15-17-18-19-20-21-22-23-24-25-26-27-28-29-30-31-32-33-34-35-36-38-40-42-44-46-48-50-58(71)67-54(55(70)49-47-45-43-41-39-37-16-14-12-10-8-6-4-2)53-77-65-63(76)61(74)64(57(52-69)79-65)80-66-62(75)60(73)59(72)56(51-68)78-66/h5,7,11-14,17-18,20-21,23-24,26-27,29-30,32-33,35-36,39,41,47,49,54-57,59-66,68-70,72-76H,3-4,6,8-10,15-16,19,22,25,28,31,34,37-38,40,42-46,48,50-53H2,1-2H3,(H,67,71)/b7-5-,13-11-,14-12+,18-17-,21-20-,24-23-,27-26-,30-29-,33-32-,36-35-,41-39+,49-47+. The highest BCUT2D eigenvalue weighted by Gasteiger charge is 2.51.